The summed E-state index contributed by atoms with van der Waals surface area (Å²) in [6, 6.07) is 3.83. The number of carboxylic acid groups (broad SMARTS) is 1. The first-order chi connectivity index (χ1) is 12.0. The number of hydrogen-bond acceptors (Lipinski definition) is 6. The standard InChI is InChI=1S/C17H23N5O3/c1-11-7-12(2)22(20-11)17-18-14(10-25-3)8-15(19-17)21-6-4-5-13(9-21)16(23)24/h7-8,13H,4-6,9-10H2,1-3H3,(H,23,24). The highest BCUT2D eigenvalue weighted by molar-refractivity contribution is 5.71. The summed E-state index contributed by atoms with van der Waals surface area (Å²) in [5, 5.41) is 13.8. The van der Waals surface area contributed by atoms with Gasteiger partial charge in [-0.2, -0.15) is 10.1 Å². The van der Waals surface area contributed by atoms with E-state index in [-0.39, 0.29) is 5.92 Å². The minimum absolute atomic E-state index is 0.359. The van der Waals surface area contributed by atoms with E-state index in [9.17, 15) is 9.90 Å². The van der Waals surface area contributed by atoms with Crippen molar-refractivity contribution in [2.24, 2.45) is 5.92 Å². The molecule has 1 atom stereocenters. The fourth-order valence-corrected chi connectivity index (χ4v) is 3.17. The van der Waals surface area contributed by atoms with Crippen molar-refractivity contribution in [3.05, 3.63) is 29.2 Å². The number of methoxy groups -OCH3 is 1. The summed E-state index contributed by atoms with van der Waals surface area (Å²) in [4.78, 5) is 22.5. The highest BCUT2D eigenvalue weighted by Gasteiger charge is 2.27. The first kappa shape index (κ1) is 17.3. The second-order valence-electron chi connectivity index (χ2n) is 6.41. The van der Waals surface area contributed by atoms with Gasteiger partial charge in [-0.15, -0.1) is 0 Å². The van der Waals surface area contributed by atoms with Gasteiger partial charge in [0.1, 0.15) is 5.82 Å². The van der Waals surface area contributed by atoms with Crippen molar-refractivity contribution in [3.63, 3.8) is 0 Å². The lowest BCUT2D eigenvalue weighted by atomic mass is 9.98. The highest BCUT2D eigenvalue weighted by atomic mass is 16.5. The van der Waals surface area contributed by atoms with Crippen LogP contribution in [-0.4, -0.2) is 51.0 Å². The molecule has 8 nitrogen and oxygen atoms in total. The molecule has 0 aromatic carbocycles. The summed E-state index contributed by atoms with van der Waals surface area (Å²) in [7, 11) is 1.62. The Morgan fingerprint density at radius 3 is 2.80 bits per heavy atom. The number of aryl methyl sites for hydroxylation is 2. The van der Waals surface area contributed by atoms with E-state index in [4.69, 9.17) is 4.74 Å². The number of piperidine rings is 1. The smallest absolute Gasteiger partial charge is 0.308 e. The number of nitrogens with zero attached hydrogens (tertiary/aromatic N) is 5. The van der Waals surface area contributed by atoms with Crippen LogP contribution in [0.4, 0.5) is 5.82 Å². The lowest BCUT2D eigenvalue weighted by Gasteiger charge is -2.31. The van der Waals surface area contributed by atoms with Gasteiger partial charge in [-0.25, -0.2) is 9.67 Å². The summed E-state index contributed by atoms with van der Waals surface area (Å²) in [5.74, 6) is 0.0736. The SMILES string of the molecule is COCc1cc(N2CCCC(C(=O)O)C2)nc(-n2nc(C)cc2C)n1. The Hall–Kier alpha value is -2.48. The van der Waals surface area contributed by atoms with Crippen LogP contribution in [0.3, 0.4) is 0 Å². The van der Waals surface area contributed by atoms with Crippen LogP contribution < -0.4 is 4.90 Å². The van der Waals surface area contributed by atoms with Crippen molar-refractivity contribution in [1.82, 2.24) is 19.7 Å². The molecule has 1 unspecified atom stereocenters. The maximum atomic E-state index is 11.3. The summed E-state index contributed by atoms with van der Waals surface area (Å²) in [6.45, 7) is 5.47. The molecule has 1 aliphatic heterocycles. The number of rotatable bonds is 5. The van der Waals surface area contributed by atoms with Crippen LogP contribution >= 0.6 is 0 Å². The zero-order valence-corrected chi connectivity index (χ0v) is 14.8. The molecule has 0 bridgehead atoms. The summed E-state index contributed by atoms with van der Waals surface area (Å²) in [5.41, 5.74) is 2.58. The number of hydrogen-bond donors (Lipinski definition) is 1. The molecule has 1 saturated heterocycles. The molecule has 1 N–H and O–H groups in total. The molecule has 8 heteroatoms. The monoisotopic (exact) mass is 345 g/mol. The van der Waals surface area contributed by atoms with Crippen LogP contribution in [0.5, 0.6) is 0 Å². The van der Waals surface area contributed by atoms with Crippen molar-refractivity contribution in [2.75, 3.05) is 25.1 Å². The van der Waals surface area contributed by atoms with Crippen LogP contribution in [-0.2, 0) is 16.1 Å². The number of carbonyl (C=O) groups is 1. The number of carboxylic acids is 1. The highest BCUT2D eigenvalue weighted by Crippen LogP contribution is 2.23. The average molecular weight is 345 g/mol. The van der Waals surface area contributed by atoms with Gasteiger partial charge in [0.25, 0.3) is 5.95 Å². The van der Waals surface area contributed by atoms with Crippen molar-refractivity contribution < 1.29 is 14.6 Å². The number of aromatic nitrogens is 4. The lowest BCUT2D eigenvalue weighted by Crippen LogP contribution is -2.39. The Bertz CT molecular complexity index is 774. The Balaban J connectivity index is 1.98. The van der Waals surface area contributed by atoms with E-state index >= 15 is 0 Å². The first-order valence-corrected chi connectivity index (χ1v) is 8.36. The van der Waals surface area contributed by atoms with Crippen LogP contribution in [0.2, 0.25) is 0 Å². The number of ether oxygens (including phenoxy) is 1. The summed E-state index contributed by atoms with van der Waals surface area (Å²) < 4.78 is 6.93. The van der Waals surface area contributed by atoms with E-state index in [0.29, 0.717) is 25.5 Å². The Labute approximate surface area is 146 Å². The predicted molar refractivity (Wildman–Crippen MR) is 91.9 cm³/mol. The molecule has 25 heavy (non-hydrogen) atoms. The van der Waals surface area contributed by atoms with Gasteiger partial charge in [-0.05, 0) is 32.8 Å². The van der Waals surface area contributed by atoms with E-state index < -0.39 is 5.97 Å². The molecule has 134 valence electrons. The zero-order valence-electron chi connectivity index (χ0n) is 14.8. The predicted octanol–water partition coefficient (Wildman–Crippen LogP) is 1.73. The van der Waals surface area contributed by atoms with Gasteiger partial charge in [0.05, 0.1) is 23.9 Å². The lowest BCUT2D eigenvalue weighted by molar-refractivity contribution is -0.141. The van der Waals surface area contributed by atoms with E-state index in [1.54, 1.807) is 11.8 Å². The molecule has 1 aliphatic rings. The molecule has 0 aliphatic carbocycles. The average Bonchev–Trinajstić information content (AvgIpc) is 2.93. The third-order valence-electron chi connectivity index (χ3n) is 4.34. The summed E-state index contributed by atoms with van der Waals surface area (Å²) >= 11 is 0. The van der Waals surface area contributed by atoms with Crippen molar-refractivity contribution in [1.29, 1.82) is 0 Å². The molecule has 3 rings (SSSR count). The molecule has 3 heterocycles. The molecular formula is C17H23N5O3. The topological polar surface area (TPSA) is 93.4 Å². The largest absolute Gasteiger partial charge is 0.481 e. The second kappa shape index (κ2) is 7.18. The van der Waals surface area contributed by atoms with Crippen LogP contribution in [0, 0.1) is 19.8 Å². The minimum Gasteiger partial charge on any atom is -0.481 e. The third kappa shape index (κ3) is 3.79. The molecule has 0 amide bonds. The second-order valence-corrected chi connectivity index (χ2v) is 6.41. The molecule has 2 aromatic heterocycles. The van der Waals surface area contributed by atoms with Crippen LogP contribution in [0.15, 0.2) is 12.1 Å². The number of aliphatic carboxylic acids is 1. The maximum absolute atomic E-state index is 11.3. The van der Waals surface area contributed by atoms with E-state index in [1.165, 1.54) is 0 Å². The number of anilines is 1. The van der Waals surface area contributed by atoms with Gasteiger partial charge in [0, 0.05) is 32.0 Å². The Kier molecular flexibility index (Phi) is 4.98. The van der Waals surface area contributed by atoms with E-state index in [1.807, 2.05) is 30.9 Å². The van der Waals surface area contributed by atoms with Crippen molar-refractivity contribution in [3.8, 4) is 5.95 Å². The molecule has 0 spiro atoms. The van der Waals surface area contributed by atoms with Crippen LogP contribution in [0.1, 0.15) is 29.9 Å². The maximum Gasteiger partial charge on any atom is 0.308 e. The minimum atomic E-state index is -0.755. The summed E-state index contributed by atoms with van der Waals surface area (Å²) in [6.07, 6.45) is 1.53. The third-order valence-corrected chi connectivity index (χ3v) is 4.34. The molecule has 0 saturated carbocycles. The normalized spacial score (nSPS) is 17.7. The fourth-order valence-electron chi connectivity index (χ4n) is 3.17. The molecule has 1 fully saturated rings. The quantitative estimate of drug-likeness (QED) is 0.882. The van der Waals surface area contributed by atoms with E-state index in [2.05, 4.69) is 15.1 Å². The van der Waals surface area contributed by atoms with Crippen LogP contribution in [0.25, 0.3) is 5.95 Å². The Morgan fingerprint density at radius 1 is 1.36 bits per heavy atom. The van der Waals surface area contributed by atoms with Crippen molar-refractivity contribution >= 4 is 11.8 Å². The van der Waals surface area contributed by atoms with E-state index in [0.717, 1.165) is 35.9 Å². The van der Waals surface area contributed by atoms with Gasteiger partial charge in [-0.1, -0.05) is 0 Å². The van der Waals surface area contributed by atoms with Gasteiger partial charge < -0.3 is 14.7 Å². The first-order valence-electron chi connectivity index (χ1n) is 8.36. The van der Waals surface area contributed by atoms with Gasteiger partial charge in [-0.3, -0.25) is 4.79 Å². The molecule has 2 aromatic rings. The van der Waals surface area contributed by atoms with Gasteiger partial charge in [0.15, 0.2) is 0 Å². The van der Waals surface area contributed by atoms with Gasteiger partial charge in [0.2, 0.25) is 0 Å². The van der Waals surface area contributed by atoms with Crippen molar-refractivity contribution in [2.45, 2.75) is 33.3 Å². The Morgan fingerprint density at radius 2 is 2.16 bits per heavy atom. The zero-order chi connectivity index (χ0) is 18.0. The molecular weight excluding hydrogens is 322 g/mol. The fraction of sp³-hybridized carbons (Fsp3) is 0.529. The molecule has 0 radical (unpaired) electrons. The van der Waals surface area contributed by atoms with Gasteiger partial charge >= 0.3 is 5.97 Å².